The number of aromatic nitrogens is 3. The van der Waals surface area contributed by atoms with E-state index in [9.17, 15) is 4.39 Å². The summed E-state index contributed by atoms with van der Waals surface area (Å²) in [6.45, 7) is 25.6. The van der Waals surface area contributed by atoms with Crippen molar-refractivity contribution in [3.05, 3.63) is 167 Å². The van der Waals surface area contributed by atoms with Gasteiger partial charge in [0.15, 0.2) is 0 Å². The number of rotatable bonds is 7. The molecule has 0 aliphatic carbocycles. The van der Waals surface area contributed by atoms with Crippen LogP contribution in [0.25, 0.3) is 81.1 Å². The second-order valence-corrected chi connectivity index (χ2v) is 28.4. The first-order chi connectivity index (χ1) is 34.5. The predicted octanol–water partition coefficient (Wildman–Crippen LogP) is 17.8. The van der Waals surface area contributed by atoms with Gasteiger partial charge in [-0.25, -0.2) is 0 Å². The summed E-state index contributed by atoms with van der Waals surface area (Å²) >= 11 is 1.85. The van der Waals surface area contributed by atoms with Crippen molar-refractivity contribution in [3.63, 3.8) is 0 Å². The first-order valence-electron chi connectivity index (χ1n) is 26.6. The van der Waals surface area contributed by atoms with Crippen molar-refractivity contribution in [3.8, 4) is 28.3 Å². The topological polar surface area (TPSA) is 30.7 Å². The van der Waals surface area contributed by atoms with E-state index in [0.29, 0.717) is 17.4 Å². The Kier molecular flexibility index (Phi) is 12.3. The van der Waals surface area contributed by atoms with Crippen LogP contribution >= 0.6 is 11.3 Å². The summed E-state index contributed by atoms with van der Waals surface area (Å²) in [5.74, 6) is 0.906. The zero-order chi connectivity index (χ0) is 53.6. The summed E-state index contributed by atoms with van der Waals surface area (Å²) in [4.78, 5) is 9.71. The van der Waals surface area contributed by atoms with Crippen LogP contribution in [0.4, 0.5) is 4.39 Å². The monoisotopic (exact) mass is 1140 g/mol. The van der Waals surface area contributed by atoms with E-state index in [0.717, 1.165) is 33.7 Å². The maximum atomic E-state index is 14.7. The van der Waals surface area contributed by atoms with Crippen LogP contribution in [-0.4, -0.2) is 22.6 Å². The maximum absolute atomic E-state index is 14.7. The van der Waals surface area contributed by atoms with Gasteiger partial charge in [0.2, 0.25) is 0 Å². The van der Waals surface area contributed by atoms with Crippen molar-refractivity contribution < 1.29 is 31.3 Å². The number of imidazole rings is 1. The molecule has 0 saturated carbocycles. The minimum absolute atomic E-state index is 0. The summed E-state index contributed by atoms with van der Waals surface area (Å²) in [5.41, 5.74) is 8.58. The Morgan fingerprint density at radius 2 is 1.41 bits per heavy atom. The molecule has 0 fully saturated rings. The number of pyridine rings is 1. The zero-order valence-corrected chi connectivity index (χ0v) is 46.9. The van der Waals surface area contributed by atoms with Crippen molar-refractivity contribution in [2.24, 2.45) is 5.41 Å². The number of thiophene rings is 1. The van der Waals surface area contributed by atoms with Crippen molar-refractivity contribution in [2.45, 2.75) is 119 Å². The maximum Gasteiger partial charge on any atom is 0.0798 e. The molecule has 70 heavy (non-hydrogen) atoms. The van der Waals surface area contributed by atoms with Gasteiger partial charge in [-0.2, -0.15) is 11.3 Å². The number of para-hydroxylation sites is 2. The molecule has 0 aliphatic rings. The largest absolute Gasteiger partial charge is 0.333 e. The van der Waals surface area contributed by atoms with Gasteiger partial charge in [0, 0.05) is 49.4 Å². The molecule has 0 bridgehead atoms. The molecule has 0 amide bonds. The van der Waals surface area contributed by atoms with Gasteiger partial charge in [0.1, 0.15) is 0 Å². The molecule has 10 aromatic rings. The Hall–Kier alpha value is -5.30. The first kappa shape index (κ1) is 44.6. The molecule has 7 aromatic carbocycles. The van der Waals surface area contributed by atoms with Gasteiger partial charge in [-0.3, -0.25) is 9.37 Å². The van der Waals surface area contributed by atoms with Crippen LogP contribution in [0.15, 0.2) is 121 Å². The van der Waals surface area contributed by atoms with Crippen molar-refractivity contribution >= 4 is 77.3 Å². The Balaban J connectivity index is 0.000000223. The van der Waals surface area contributed by atoms with Crippen LogP contribution in [0.2, 0.25) is 19.6 Å². The summed E-state index contributed by atoms with van der Waals surface area (Å²) in [6.07, 6.45) is -0.0131. The Morgan fingerprint density at radius 1 is 0.743 bits per heavy atom. The summed E-state index contributed by atoms with van der Waals surface area (Å²) in [5, 5.41) is 8.60. The van der Waals surface area contributed by atoms with Gasteiger partial charge in [-0.15, -0.1) is 47.5 Å². The van der Waals surface area contributed by atoms with E-state index in [4.69, 9.17) is 11.8 Å². The molecule has 361 valence electrons. The van der Waals surface area contributed by atoms with Crippen LogP contribution in [0.3, 0.4) is 0 Å². The molecule has 1 radical (unpaired) electrons. The molecule has 0 N–H and O–H groups in total. The van der Waals surface area contributed by atoms with E-state index >= 15 is 0 Å². The minimum atomic E-state index is -2.42. The SMILES string of the molecule is CC(C)c1cc(C(C)(C)C)cc(C(C)C)c1-n1c(-c2[c-]cc3sc4cc5ccc6ccccc6c5cc4c3c2)nc2ccccc21.[2H]C([2H])([2H])c1c[c-]c(-c2cc(C([2H])([2H])C(C)(C)C)c([Si](C)(C)C)cn2)c(F)c1.[Ir]. The minimum Gasteiger partial charge on any atom is -0.333 e. The molecule has 10 rings (SSSR count). The van der Waals surface area contributed by atoms with E-state index < -0.39 is 32.5 Å². The number of aryl methyl sites for hydroxylation is 1. The molecule has 0 saturated heterocycles. The third-order valence-electron chi connectivity index (χ3n) is 12.9. The smallest absolute Gasteiger partial charge is 0.0798 e. The first-order valence-corrected chi connectivity index (χ1v) is 28.5. The molecule has 0 aliphatic heterocycles. The van der Waals surface area contributed by atoms with Gasteiger partial charge in [-0.05, 0) is 113 Å². The summed E-state index contributed by atoms with van der Waals surface area (Å²) in [7, 11) is -1.92. The van der Waals surface area contributed by atoms with E-state index in [1.165, 1.54) is 70.2 Å². The molecule has 0 atom stereocenters. The van der Waals surface area contributed by atoms with E-state index in [1.807, 2.05) is 32.1 Å². The van der Waals surface area contributed by atoms with Crippen molar-refractivity contribution in [2.75, 3.05) is 0 Å². The second-order valence-electron chi connectivity index (χ2n) is 22.3. The van der Waals surface area contributed by atoms with Gasteiger partial charge in [0.25, 0.3) is 0 Å². The van der Waals surface area contributed by atoms with Gasteiger partial charge < -0.3 is 9.55 Å². The summed E-state index contributed by atoms with van der Waals surface area (Å²) < 4.78 is 59.4. The number of halogens is 1. The number of fused-ring (bicyclic) bond motifs is 7. The number of benzene rings is 7. The zero-order valence-electron chi connectivity index (χ0n) is 47.7. The van der Waals surface area contributed by atoms with E-state index in [1.54, 1.807) is 12.3 Å². The molecular weight excluding hydrogens is 1070 g/mol. The predicted molar refractivity (Wildman–Crippen MR) is 299 cm³/mol. The molecular formula is C63H66FIrN3SSi-2. The fourth-order valence-corrected chi connectivity index (χ4v) is 11.9. The third kappa shape index (κ3) is 10.1. The normalized spacial score (nSPS) is 13.9. The van der Waals surface area contributed by atoms with Crippen LogP contribution in [0, 0.1) is 30.2 Å². The Bertz CT molecular complexity index is 3770. The van der Waals surface area contributed by atoms with Gasteiger partial charge in [-0.1, -0.05) is 179 Å². The second kappa shape index (κ2) is 19.4. The number of hydrogen-bond acceptors (Lipinski definition) is 3. The van der Waals surface area contributed by atoms with Crippen LogP contribution in [0.5, 0.6) is 0 Å². The van der Waals surface area contributed by atoms with Crippen LogP contribution < -0.4 is 5.19 Å². The molecule has 3 nitrogen and oxygen atoms in total. The standard InChI is InChI=1S/C43H39N2S.C20H27FNSi.Ir/c1-25(2)32-22-30(43(5,6)7)23-33(26(3)4)41(32)45-38-15-11-10-14-37(38)44-42(45)29-18-19-39-35(20-29)36-24-34-28(21-40(36)46-39)17-16-27-12-8-9-13-31(27)34;1-14-8-9-16(17(21)10-14)18-11-15(12-20(2,3)4)19(13-22-18)23(5,6)7;/h8-17,19-26H,1-7H3;8,10-11,13H,12H2,1-7H3;/q2*-1;/i;1D3,12D2;. The number of hydrogen-bond donors (Lipinski definition) is 0. The van der Waals surface area contributed by atoms with Crippen LogP contribution in [0.1, 0.15) is 116 Å². The van der Waals surface area contributed by atoms with Gasteiger partial charge in [0.05, 0.1) is 24.9 Å². The van der Waals surface area contributed by atoms with Crippen molar-refractivity contribution in [1.29, 1.82) is 0 Å². The Labute approximate surface area is 441 Å². The Morgan fingerprint density at radius 3 is 2.07 bits per heavy atom. The average molecular weight is 1140 g/mol. The molecule has 0 unspecified atom stereocenters. The molecule has 0 spiro atoms. The molecule has 3 heterocycles. The number of nitrogens with zero attached hydrogens (tertiary/aromatic N) is 3. The molecule has 7 heteroatoms. The fourth-order valence-electron chi connectivity index (χ4n) is 9.40. The average Bonchev–Trinajstić information content (AvgIpc) is 3.89. The van der Waals surface area contributed by atoms with Gasteiger partial charge >= 0.3 is 0 Å². The third-order valence-corrected chi connectivity index (χ3v) is 16.1. The van der Waals surface area contributed by atoms with E-state index in [2.05, 4.69) is 187 Å². The van der Waals surface area contributed by atoms with Crippen LogP contribution in [-0.2, 0) is 31.9 Å². The quantitative estimate of drug-likeness (QED) is 0.0905. The van der Waals surface area contributed by atoms with E-state index in [-0.39, 0.29) is 42.3 Å². The fraction of sp³-hybridized carbons (Fsp3) is 0.302. The van der Waals surface area contributed by atoms with Crippen molar-refractivity contribution in [1.82, 2.24) is 14.5 Å². The molecule has 3 aromatic heterocycles. The summed E-state index contributed by atoms with van der Waals surface area (Å²) in [6, 6.07) is 46.1.